The van der Waals surface area contributed by atoms with Crippen molar-refractivity contribution >= 4 is 43.6 Å². The summed E-state index contributed by atoms with van der Waals surface area (Å²) in [7, 11) is 0. The lowest BCUT2D eigenvalue weighted by Gasteiger charge is -2.09. The van der Waals surface area contributed by atoms with Crippen LogP contribution in [-0.4, -0.2) is 6.03 Å². The first-order valence-electron chi connectivity index (χ1n) is 5.69. The first-order chi connectivity index (χ1) is 9.16. The predicted molar refractivity (Wildman–Crippen MR) is 84.1 cm³/mol. The van der Waals surface area contributed by atoms with Gasteiger partial charge in [-0.3, -0.25) is 0 Å². The summed E-state index contributed by atoms with van der Waals surface area (Å²) in [6, 6.07) is 15.0. The molecule has 0 aliphatic carbocycles. The highest BCUT2D eigenvalue weighted by Gasteiger charge is 2.05. The number of para-hydroxylation sites is 1. The van der Waals surface area contributed by atoms with E-state index in [2.05, 4.69) is 42.5 Å². The Bertz CT molecular complexity index is 587. The lowest BCUT2D eigenvalue weighted by atomic mass is 10.2. The van der Waals surface area contributed by atoms with Crippen molar-refractivity contribution in [2.24, 2.45) is 0 Å². The van der Waals surface area contributed by atoms with Gasteiger partial charge in [0.2, 0.25) is 0 Å². The maximum Gasteiger partial charge on any atom is 0.319 e. The lowest BCUT2D eigenvalue weighted by molar-refractivity contribution is 0.251. The molecule has 98 valence electrons. The molecule has 2 amide bonds. The second-order valence-electron chi connectivity index (χ2n) is 3.88. The van der Waals surface area contributed by atoms with Crippen molar-refractivity contribution in [3.8, 4) is 0 Å². The van der Waals surface area contributed by atoms with Crippen LogP contribution < -0.4 is 10.6 Å². The zero-order chi connectivity index (χ0) is 13.7. The number of carbonyl (C=O) groups is 1. The molecular formula is C14H12Br2N2O. The fourth-order valence-corrected chi connectivity index (χ4v) is 2.36. The molecule has 2 N–H and O–H groups in total. The third-order valence-electron chi connectivity index (χ3n) is 2.52. The molecule has 19 heavy (non-hydrogen) atoms. The number of benzene rings is 2. The van der Waals surface area contributed by atoms with Crippen LogP contribution in [0.3, 0.4) is 0 Å². The zero-order valence-electron chi connectivity index (χ0n) is 9.99. The molecule has 0 bridgehead atoms. The van der Waals surface area contributed by atoms with Crippen molar-refractivity contribution in [2.45, 2.75) is 6.54 Å². The Morgan fingerprint density at radius 3 is 2.26 bits per heavy atom. The fourth-order valence-electron chi connectivity index (χ4n) is 1.55. The van der Waals surface area contributed by atoms with Crippen LogP contribution in [0.5, 0.6) is 0 Å². The van der Waals surface area contributed by atoms with Crippen LogP contribution in [0.15, 0.2) is 57.5 Å². The predicted octanol–water partition coefficient (Wildman–Crippen LogP) is 4.53. The summed E-state index contributed by atoms with van der Waals surface area (Å²) >= 11 is 6.83. The van der Waals surface area contributed by atoms with Gasteiger partial charge >= 0.3 is 6.03 Å². The topological polar surface area (TPSA) is 41.1 Å². The largest absolute Gasteiger partial charge is 0.334 e. The van der Waals surface area contributed by atoms with Gasteiger partial charge < -0.3 is 10.6 Å². The SMILES string of the molecule is O=C(NCc1ccccc1Br)Nc1ccccc1Br. The van der Waals surface area contributed by atoms with Crippen LogP contribution in [0, 0.1) is 0 Å². The van der Waals surface area contributed by atoms with Crippen LogP contribution >= 0.6 is 31.9 Å². The van der Waals surface area contributed by atoms with Gasteiger partial charge in [-0.15, -0.1) is 0 Å². The molecule has 0 atom stereocenters. The smallest absolute Gasteiger partial charge is 0.319 e. The zero-order valence-corrected chi connectivity index (χ0v) is 13.2. The number of hydrogen-bond acceptors (Lipinski definition) is 1. The molecule has 0 saturated heterocycles. The summed E-state index contributed by atoms with van der Waals surface area (Å²) in [4.78, 5) is 11.8. The third-order valence-corrected chi connectivity index (χ3v) is 3.98. The van der Waals surface area contributed by atoms with E-state index in [1.807, 2.05) is 48.5 Å². The second kappa shape index (κ2) is 6.73. The van der Waals surface area contributed by atoms with E-state index in [9.17, 15) is 4.79 Å². The van der Waals surface area contributed by atoms with Crippen LogP contribution in [0.4, 0.5) is 10.5 Å². The second-order valence-corrected chi connectivity index (χ2v) is 5.59. The Hall–Kier alpha value is -1.33. The molecular weight excluding hydrogens is 372 g/mol. The van der Waals surface area contributed by atoms with Gasteiger partial charge in [0.05, 0.1) is 5.69 Å². The molecule has 0 aliphatic heterocycles. The van der Waals surface area contributed by atoms with Gasteiger partial charge in [-0.2, -0.15) is 0 Å². The molecule has 0 saturated carbocycles. The van der Waals surface area contributed by atoms with E-state index in [4.69, 9.17) is 0 Å². The van der Waals surface area contributed by atoms with Gasteiger partial charge in [0.1, 0.15) is 0 Å². The minimum absolute atomic E-state index is 0.234. The fraction of sp³-hybridized carbons (Fsp3) is 0.0714. The summed E-state index contributed by atoms with van der Waals surface area (Å²) in [6.07, 6.45) is 0. The van der Waals surface area contributed by atoms with Gasteiger partial charge in [0, 0.05) is 15.5 Å². The standard InChI is InChI=1S/C14H12Br2N2O/c15-11-6-2-1-5-10(11)9-17-14(19)18-13-8-4-3-7-12(13)16/h1-8H,9H2,(H2,17,18,19). The number of carbonyl (C=O) groups excluding carboxylic acids is 1. The van der Waals surface area contributed by atoms with E-state index in [0.29, 0.717) is 6.54 Å². The molecule has 0 unspecified atom stereocenters. The number of nitrogens with one attached hydrogen (secondary N) is 2. The van der Waals surface area contributed by atoms with Gasteiger partial charge in [-0.05, 0) is 39.7 Å². The number of amides is 2. The van der Waals surface area contributed by atoms with E-state index in [-0.39, 0.29) is 6.03 Å². The van der Waals surface area contributed by atoms with Crippen LogP contribution in [-0.2, 0) is 6.54 Å². The molecule has 3 nitrogen and oxygen atoms in total. The van der Waals surface area contributed by atoms with Gasteiger partial charge in [0.15, 0.2) is 0 Å². The molecule has 0 radical (unpaired) electrons. The van der Waals surface area contributed by atoms with Crippen molar-refractivity contribution in [3.05, 3.63) is 63.0 Å². The number of urea groups is 1. The molecule has 2 aromatic rings. The maximum absolute atomic E-state index is 11.8. The number of hydrogen-bond donors (Lipinski definition) is 2. The average molecular weight is 384 g/mol. The molecule has 2 rings (SSSR count). The van der Waals surface area contributed by atoms with E-state index in [1.165, 1.54) is 0 Å². The van der Waals surface area contributed by atoms with E-state index in [1.54, 1.807) is 0 Å². The summed E-state index contributed by atoms with van der Waals surface area (Å²) in [6.45, 7) is 0.470. The van der Waals surface area contributed by atoms with Crippen molar-refractivity contribution in [1.82, 2.24) is 5.32 Å². The quantitative estimate of drug-likeness (QED) is 0.802. The van der Waals surface area contributed by atoms with Gasteiger partial charge in [-0.1, -0.05) is 46.3 Å². The monoisotopic (exact) mass is 382 g/mol. The van der Waals surface area contributed by atoms with E-state index >= 15 is 0 Å². The molecule has 0 fully saturated rings. The first-order valence-corrected chi connectivity index (χ1v) is 7.28. The molecule has 0 aromatic heterocycles. The number of rotatable bonds is 3. The van der Waals surface area contributed by atoms with E-state index < -0.39 is 0 Å². The van der Waals surface area contributed by atoms with Crippen molar-refractivity contribution < 1.29 is 4.79 Å². The molecule has 2 aromatic carbocycles. The molecule has 0 spiro atoms. The lowest BCUT2D eigenvalue weighted by Crippen LogP contribution is -2.28. The van der Waals surface area contributed by atoms with E-state index in [0.717, 1.165) is 20.2 Å². The highest BCUT2D eigenvalue weighted by Crippen LogP contribution is 2.21. The Kier molecular flexibility index (Phi) is 4.99. The van der Waals surface area contributed by atoms with Crippen LogP contribution in [0.1, 0.15) is 5.56 Å². The van der Waals surface area contributed by atoms with Crippen molar-refractivity contribution in [1.29, 1.82) is 0 Å². The Morgan fingerprint density at radius 1 is 0.947 bits per heavy atom. The Morgan fingerprint density at radius 2 is 1.58 bits per heavy atom. The maximum atomic E-state index is 11.8. The molecule has 0 aliphatic rings. The Labute approximate surface area is 128 Å². The third kappa shape index (κ3) is 4.08. The normalized spacial score (nSPS) is 10.0. The minimum atomic E-state index is -0.234. The number of anilines is 1. The average Bonchev–Trinajstić information content (AvgIpc) is 2.40. The molecule has 5 heteroatoms. The summed E-state index contributed by atoms with van der Waals surface area (Å²) in [5.41, 5.74) is 1.77. The summed E-state index contributed by atoms with van der Waals surface area (Å²) in [5, 5.41) is 5.60. The summed E-state index contributed by atoms with van der Waals surface area (Å²) < 4.78 is 1.84. The molecule has 0 heterocycles. The van der Waals surface area contributed by atoms with Crippen molar-refractivity contribution in [3.63, 3.8) is 0 Å². The highest BCUT2D eigenvalue weighted by atomic mass is 79.9. The highest BCUT2D eigenvalue weighted by molar-refractivity contribution is 9.10. The first kappa shape index (κ1) is 14.1. The van der Waals surface area contributed by atoms with Crippen LogP contribution in [0.25, 0.3) is 0 Å². The van der Waals surface area contributed by atoms with Gasteiger partial charge in [0.25, 0.3) is 0 Å². The summed E-state index contributed by atoms with van der Waals surface area (Å²) in [5.74, 6) is 0. The van der Waals surface area contributed by atoms with Crippen LogP contribution in [0.2, 0.25) is 0 Å². The van der Waals surface area contributed by atoms with Gasteiger partial charge in [-0.25, -0.2) is 4.79 Å². The van der Waals surface area contributed by atoms with Crippen molar-refractivity contribution in [2.75, 3.05) is 5.32 Å². The Balaban J connectivity index is 1.92. The minimum Gasteiger partial charge on any atom is -0.334 e. The number of halogens is 2.